The molecule has 4 nitrogen and oxygen atoms in total. The van der Waals surface area contributed by atoms with E-state index in [4.69, 9.17) is 4.74 Å². The maximum absolute atomic E-state index is 12.3. The number of ketones is 1. The quantitative estimate of drug-likeness (QED) is 0.764. The highest BCUT2D eigenvalue weighted by molar-refractivity contribution is 7.11. The first-order valence-corrected chi connectivity index (χ1v) is 7.55. The number of hydrogen-bond acceptors (Lipinski definition) is 5. The predicted molar refractivity (Wildman–Crippen MR) is 81.6 cm³/mol. The second-order valence-corrected chi connectivity index (χ2v) is 5.95. The number of hydrogen-bond donors (Lipinski definition) is 0. The van der Waals surface area contributed by atoms with Crippen molar-refractivity contribution in [3.8, 4) is 11.8 Å². The van der Waals surface area contributed by atoms with Crippen LogP contribution in [0.4, 0.5) is 0 Å². The highest BCUT2D eigenvalue weighted by Gasteiger charge is 2.22. The molecule has 0 saturated carbocycles. The van der Waals surface area contributed by atoms with Gasteiger partial charge >= 0.3 is 0 Å². The molecule has 2 aromatic rings. The van der Waals surface area contributed by atoms with Crippen molar-refractivity contribution in [1.29, 1.82) is 5.26 Å². The Bertz CT molecular complexity index is 627. The molecule has 21 heavy (non-hydrogen) atoms. The van der Waals surface area contributed by atoms with Gasteiger partial charge in [-0.05, 0) is 23.6 Å². The number of thiazole rings is 1. The molecule has 1 atom stereocenters. The third-order valence-electron chi connectivity index (χ3n) is 2.86. The second kappa shape index (κ2) is 7.00. The highest BCUT2D eigenvalue weighted by atomic mass is 32.1. The second-order valence-electron chi connectivity index (χ2n) is 5.07. The summed E-state index contributed by atoms with van der Waals surface area (Å²) in [7, 11) is 0. The van der Waals surface area contributed by atoms with Gasteiger partial charge in [0, 0.05) is 6.20 Å². The van der Waals surface area contributed by atoms with Gasteiger partial charge in [-0.2, -0.15) is 5.26 Å². The summed E-state index contributed by atoms with van der Waals surface area (Å²) in [6.07, 6.45) is 1.50. The lowest BCUT2D eigenvalue weighted by atomic mass is 9.95. The van der Waals surface area contributed by atoms with Gasteiger partial charge in [0.25, 0.3) is 0 Å². The fourth-order valence-corrected chi connectivity index (χ4v) is 2.37. The molecule has 1 unspecified atom stereocenters. The number of nitrogens with zero attached hydrogens (tertiary/aromatic N) is 2. The minimum atomic E-state index is -0.801. The Hall–Kier alpha value is -2.19. The molecule has 0 amide bonds. The number of carbonyl (C=O) groups is 1. The zero-order valence-electron chi connectivity index (χ0n) is 11.9. The van der Waals surface area contributed by atoms with Crippen LogP contribution in [-0.2, 0) is 0 Å². The van der Waals surface area contributed by atoms with E-state index in [0.717, 1.165) is 5.75 Å². The summed E-state index contributed by atoms with van der Waals surface area (Å²) in [6.45, 7) is 4.79. The third-order valence-corrected chi connectivity index (χ3v) is 3.65. The van der Waals surface area contributed by atoms with Crippen molar-refractivity contribution in [1.82, 2.24) is 4.98 Å². The number of rotatable bonds is 6. The first-order valence-electron chi connectivity index (χ1n) is 6.67. The summed E-state index contributed by atoms with van der Waals surface area (Å²) < 4.78 is 5.59. The fraction of sp³-hybridized carbons (Fsp3) is 0.312. The van der Waals surface area contributed by atoms with Crippen LogP contribution < -0.4 is 4.74 Å². The van der Waals surface area contributed by atoms with Crippen LogP contribution in [0.25, 0.3) is 0 Å². The molecule has 108 valence electrons. The van der Waals surface area contributed by atoms with E-state index >= 15 is 0 Å². The van der Waals surface area contributed by atoms with Crippen molar-refractivity contribution in [2.45, 2.75) is 19.8 Å². The van der Waals surface area contributed by atoms with E-state index < -0.39 is 5.92 Å². The van der Waals surface area contributed by atoms with E-state index in [-0.39, 0.29) is 5.78 Å². The molecule has 1 aromatic heterocycles. The van der Waals surface area contributed by atoms with Gasteiger partial charge in [0.05, 0.1) is 23.1 Å². The molecular formula is C16H16N2O2S. The lowest BCUT2D eigenvalue weighted by Crippen LogP contribution is -2.10. The Morgan fingerprint density at radius 1 is 1.38 bits per heavy atom. The minimum Gasteiger partial charge on any atom is -0.493 e. The van der Waals surface area contributed by atoms with Crippen LogP contribution in [0.5, 0.6) is 5.75 Å². The summed E-state index contributed by atoms with van der Waals surface area (Å²) >= 11 is 1.25. The maximum Gasteiger partial charge on any atom is 0.195 e. The number of benzene rings is 1. The summed E-state index contributed by atoms with van der Waals surface area (Å²) in [6, 6.07) is 9.18. The SMILES string of the molecule is CC(C)COc1ccc(C(C#N)C(=O)c2cncs2)cc1. The summed E-state index contributed by atoms with van der Waals surface area (Å²) in [4.78, 5) is 16.6. The van der Waals surface area contributed by atoms with E-state index in [0.29, 0.717) is 23.0 Å². The van der Waals surface area contributed by atoms with Crippen molar-refractivity contribution in [2.24, 2.45) is 5.92 Å². The van der Waals surface area contributed by atoms with Gasteiger partial charge < -0.3 is 4.74 Å². The molecule has 1 heterocycles. The van der Waals surface area contributed by atoms with Crippen LogP contribution in [0.2, 0.25) is 0 Å². The molecule has 0 aliphatic rings. The van der Waals surface area contributed by atoms with Gasteiger partial charge in [-0.3, -0.25) is 9.78 Å². The van der Waals surface area contributed by atoms with Crippen LogP contribution in [0.15, 0.2) is 36.0 Å². The molecule has 0 bridgehead atoms. The molecule has 0 saturated heterocycles. The predicted octanol–water partition coefficient (Wildman–Crippen LogP) is 3.67. The summed E-state index contributed by atoms with van der Waals surface area (Å²) in [5.41, 5.74) is 2.26. The van der Waals surface area contributed by atoms with Crippen LogP contribution in [0.3, 0.4) is 0 Å². The van der Waals surface area contributed by atoms with Gasteiger partial charge in [-0.1, -0.05) is 26.0 Å². The van der Waals surface area contributed by atoms with Crippen LogP contribution in [0.1, 0.15) is 35.0 Å². The number of Topliss-reactive ketones (excluding diaryl/α,β-unsaturated/α-hetero) is 1. The van der Waals surface area contributed by atoms with Crippen molar-refractivity contribution in [3.05, 3.63) is 46.4 Å². The highest BCUT2D eigenvalue weighted by Crippen LogP contribution is 2.24. The molecule has 0 N–H and O–H groups in total. The average Bonchev–Trinajstić information content (AvgIpc) is 3.01. The van der Waals surface area contributed by atoms with Crippen LogP contribution >= 0.6 is 11.3 Å². The lowest BCUT2D eigenvalue weighted by molar-refractivity contribution is 0.0982. The van der Waals surface area contributed by atoms with E-state index in [9.17, 15) is 10.1 Å². The van der Waals surface area contributed by atoms with Gasteiger partial charge in [0.1, 0.15) is 11.7 Å². The number of carbonyl (C=O) groups excluding carboxylic acids is 1. The van der Waals surface area contributed by atoms with E-state index in [1.807, 2.05) is 0 Å². The zero-order valence-corrected chi connectivity index (χ0v) is 12.8. The molecule has 1 aromatic carbocycles. The first-order chi connectivity index (χ1) is 10.1. The lowest BCUT2D eigenvalue weighted by Gasteiger charge is -2.11. The van der Waals surface area contributed by atoms with Crippen molar-refractivity contribution in [2.75, 3.05) is 6.61 Å². The summed E-state index contributed by atoms with van der Waals surface area (Å²) in [5, 5.41) is 9.28. The average molecular weight is 300 g/mol. The van der Waals surface area contributed by atoms with Crippen molar-refractivity contribution < 1.29 is 9.53 Å². The molecular weight excluding hydrogens is 284 g/mol. The van der Waals surface area contributed by atoms with E-state index in [1.165, 1.54) is 17.5 Å². The Labute approximate surface area is 128 Å². The Morgan fingerprint density at radius 2 is 2.10 bits per heavy atom. The number of nitriles is 1. The molecule has 0 radical (unpaired) electrons. The van der Waals surface area contributed by atoms with Gasteiger partial charge in [0.15, 0.2) is 5.78 Å². The number of ether oxygens (including phenoxy) is 1. The van der Waals surface area contributed by atoms with Gasteiger partial charge in [0.2, 0.25) is 0 Å². The topological polar surface area (TPSA) is 63.0 Å². The van der Waals surface area contributed by atoms with Crippen molar-refractivity contribution >= 4 is 17.1 Å². The number of aromatic nitrogens is 1. The third kappa shape index (κ3) is 3.89. The Balaban J connectivity index is 2.12. The molecule has 0 aliphatic heterocycles. The van der Waals surface area contributed by atoms with E-state index in [2.05, 4.69) is 24.9 Å². The standard InChI is InChI=1S/C16H16N2O2S/c1-11(2)9-20-13-5-3-12(4-6-13)14(7-17)16(19)15-8-18-10-21-15/h3-6,8,10-11,14H,9H2,1-2H3. The summed E-state index contributed by atoms with van der Waals surface area (Å²) in [5.74, 6) is 0.180. The smallest absolute Gasteiger partial charge is 0.195 e. The Morgan fingerprint density at radius 3 is 2.62 bits per heavy atom. The first kappa shape index (κ1) is 15.2. The van der Waals surface area contributed by atoms with E-state index in [1.54, 1.807) is 29.8 Å². The van der Waals surface area contributed by atoms with Crippen LogP contribution in [0, 0.1) is 17.2 Å². The Kier molecular flexibility index (Phi) is 5.07. The van der Waals surface area contributed by atoms with Crippen molar-refractivity contribution in [3.63, 3.8) is 0 Å². The minimum absolute atomic E-state index is 0.212. The molecule has 0 spiro atoms. The molecule has 2 rings (SSSR count). The zero-order chi connectivity index (χ0) is 15.2. The normalized spacial score (nSPS) is 11.9. The monoisotopic (exact) mass is 300 g/mol. The van der Waals surface area contributed by atoms with Gasteiger partial charge in [-0.15, -0.1) is 11.3 Å². The molecule has 5 heteroatoms. The van der Waals surface area contributed by atoms with Crippen LogP contribution in [-0.4, -0.2) is 17.4 Å². The fourth-order valence-electron chi connectivity index (χ4n) is 1.78. The largest absolute Gasteiger partial charge is 0.493 e. The molecule has 0 aliphatic carbocycles. The maximum atomic E-state index is 12.3. The molecule has 0 fully saturated rings. The van der Waals surface area contributed by atoms with Gasteiger partial charge in [-0.25, -0.2) is 0 Å².